The van der Waals surface area contributed by atoms with Gasteiger partial charge in [-0.05, 0) is 181 Å². The molecule has 11 amide bonds. The minimum atomic E-state index is -1.94. The second kappa shape index (κ2) is 60.1. The number of amides is 11. The molecule has 0 radical (unpaired) electrons. The molecule has 9 unspecified atom stereocenters. The van der Waals surface area contributed by atoms with Crippen LogP contribution < -0.4 is 137 Å². The number of nitrogens with two attached hydrogens (primary N) is 9. The highest BCUT2D eigenvalue weighted by Gasteiger charge is 2.40. The van der Waals surface area contributed by atoms with Crippen molar-refractivity contribution >= 4 is 118 Å². The van der Waals surface area contributed by atoms with Crippen LogP contribution in [-0.4, -0.2) is 240 Å². The number of hydrogen-bond acceptors (Lipinski definition) is 22. The number of aryl methyl sites for hydroxylation is 1. The fourth-order valence-corrected chi connectivity index (χ4v) is 14.2. The average molecular weight is 1880 g/mol. The second-order valence-corrected chi connectivity index (χ2v) is 32.3. The molecule has 0 spiro atoms. The Bertz CT molecular complexity index is 4730. The number of primary amides is 1. The summed E-state index contributed by atoms with van der Waals surface area (Å²) in [5.41, 5.74) is 56.5. The monoisotopic (exact) mass is 1880 g/mol. The maximum atomic E-state index is 15.0. The number of aromatic nitrogens is 3. The molecule has 0 aliphatic carbocycles. The van der Waals surface area contributed by atoms with E-state index in [0.717, 1.165) is 39.0 Å². The summed E-state index contributed by atoms with van der Waals surface area (Å²) in [6.07, 6.45) is 0.566. The van der Waals surface area contributed by atoms with Crippen molar-refractivity contribution in [1.29, 1.82) is 32.5 Å². The third-order valence-corrected chi connectivity index (χ3v) is 21.3. The van der Waals surface area contributed by atoms with Crippen molar-refractivity contribution in [2.45, 2.75) is 209 Å². The number of carboxylic acid groups (broad SMARTS) is 1. The molecule has 0 saturated heterocycles. The fourth-order valence-electron chi connectivity index (χ4n) is 14.2. The van der Waals surface area contributed by atoms with Crippen LogP contribution in [0.3, 0.4) is 0 Å². The van der Waals surface area contributed by atoms with Crippen LogP contribution in [0.15, 0.2) is 121 Å². The summed E-state index contributed by atoms with van der Waals surface area (Å²) < 4.78 is 1.66. The maximum absolute atomic E-state index is 15.0. The summed E-state index contributed by atoms with van der Waals surface area (Å²) in [6, 6.07) is 26.6. The Morgan fingerprint density at radius 1 is 0.370 bits per heavy atom. The van der Waals surface area contributed by atoms with Gasteiger partial charge in [0, 0.05) is 64.7 Å². The molecule has 47 nitrogen and oxygen atoms in total. The van der Waals surface area contributed by atoms with Crippen LogP contribution in [0.25, 0.3) is 11.1 Å². The van der Waals surface area contributed by atoms with Crippen molar-refractivity contribution in [3.63, 3.8) is 0 Å². The maximum Gasteiger partial charge on any atom is 0.303 e. The molecule has 736 valence electrons. The van der Waals surface area contributed by atoms with Gasteiger partial charge in [0.15, 0.2) is 35.8 Å². The zero-order valence-electron chi connectivity index (χ0n) is 76.2. The zero-order chi connectivity index (χ0) is 99.2. The first kappa shape index (κ1) is 110. The summed E-state index contributed by atoms with van der Waals surface area (Å²) in [5.74, 6) is -14.1. The van der Waals surface area contributed by atoms with E-state index in [9.17, 15) is 62.6 Å². The number of rotatable bonds is 64. The summed E-state index contributed by atoms with van der Waals surface area (Å²) in [6.45, 7) is 1.48. The summed E-state index contributed by atoms with van der Waals surface area (Å²) in [5, 5.41) is 106. The van der Waals surface area contributed by atoms with Gasteiger partial charge in [-0.1, -0.05) is 120 Å². The normalized spacial score (nSPS) is 13.1. The highest BCUT2D eigenvalue weighted by molar-refractivity contribution is 6.05. The van der Waals surface area contributed by atoms with Crippen LogP contribution in [0.1, 0.15) is 175 Å². The highest BCUT2D eigenvalue weighted by atomic mass is 16.4. The van der Waals surface area contributed by atoms with Crippen LogP contribution in [-0.2, 0) is 70.5 Å². The van der Waals surface area contributed by atoms with E-state index in [0.29, 0.717) is 25.1 Å². The van der Waals surface area contributed by atoms with Crippen molar-refractivity contribution in [3.05, 3.63) is 155 Å². The first-order valence-electron chi connectivity index (χ1n) is 44.8. The molecule has 4 aromatic carbocycles. The molecule has 0 aliphatic heterocycles. The zero-order valence-corrected chi connectivity index (χ0v) is 76.2. The number of benzene rings is 4. The summed E-state index contributed by atoms with van der Waals surface area (Å²) in [4.78, 5) is 170. The van der Waals surface area contributed by atoms with E-state index in [1.807, 2.05) is 66.7 Å². The number of carbonyl (C=O) groups is 12. The second-order valence-electron chi connectivity index (χ2n) is 32.3. The minimum absolute atomic E-state index is 0.00510. The average Bonchev–Trinajstić information content (AvgIpc) is 1.21. The predicted molar refractivity (Wildman–Crippen MR) is 510 cm³/mol. The number of unbranched alkanes of at least 4 members (excludes halogenated alkanes) is 2. The van der Waals surface area contributed by atoms with Crippen LogP contribution in [0.5, 0.6) is 0 Å². The lowest BCUT2D eigenvalue weighted by Gasteiger charge is -2.33. The molecule has 41 N–H and O–H groups in total. The fraction of sp³-hybridized carbons (Fsp3) is 0.477. The quantitative estimate of drug-likeness (QED) is 0.00772. The number of hydrogen-bond donors (Lipinski definition) is 32. The largest absolute Gasteiger partial charge is 0.481 e. The van der Waals surface area contributed by atoms with E-state index in [1.165, 1.54) is 6.92 Å². The van der Waals surface area contributed by atoms with Crippen LogP contribution in [0, 0.1) is 32.5 Å². The molecular formula is C88H136N34O13. The molecule has 0 bridgehead atoms. The van der Waals surface area contributed by atoms with E-state index in [4.69, 9.17) is 84.1 Å². The van der Waals surface area contributed by atoms with Crippen LogP contribution in [0.4, 0.5) is 0 Å². The Kier molecular flexibility index (Phi) is 49.2. The van der Waals surface area contributed by atoms with Crippen molar-refractivity contribution < 1.29 is 62.6 Å². The molecule has 1 heterocycles. The molecule has 9 atom stereocenters. The van der Waals surface area contributed by atoms with Gasteiger partial charge in [0.1, 0.15) is 53.9 Å². The summed E-state index contributed by atoms with van der Waals surface area (Å²) in [7, 11) is 0. The molecule has 135 heavy (non-hydrogen) atoms. The summed E-state index contributed by atoms with van der Waals surface area (Å²) >= 11 is 0. The lowest BCUT2D eigenvalue weighted by atomic mass is 9.85. The van der Waals surface area contributed by atoms with Gasteiger partial charge in [-0.3, -0.25) is 90.0 Å². The number of guanidine groups is 6. The van der Waals surface area contributed by atoms with Crippen LogP contribution in [0.2, 0.25) is 0 Å². The first-order chi connectivity index (χ1) is 64.5. The lowest BCUT2D eigenvalue weighted by Crippen LogP contribution is -2.64. The molecule has 5 aromatic rings. The molecule has 0 aliphatic rings. The minimum Gasteiger partial charge on any atom is -0.481 e. The topological polar surface area (TPSA) is 826 Å². The van der Waals surface area contributed by atoms with Gasteiger partial charge in [0.25, 0.3) is 0 Å². The molecule has 47 heteroatoms. The van der Waals surface area contributed by atoms with Crippen molar-refractivity contribution in [2.24, 2.45) is 51.6 Å². The molecular weight excluding hydrogens is 1740 g/mol. The van der Waals surface area contributed by atoms with Gasteiger partial charge in [-0.25, -0.2) is 4.68 Å². The van der Waals surface area contributed by atoms with E-state index in [2.05, 4.69) is 144 Å². The first-order valence-corrected chi connectivity index (χ1v) is 44.8. The van der Waals surface area contributed by atoms with Gasteiger partial charge in [-0.15, -0.1) is 5.10 Å². The smallest absolute Gasteiger partial charge is 0.303 e. The van der Waals surface area contributed by atoms with Crippen molar-refractivity contribution in [1.82, 2.24) is 100 Å². The third-order valence-electron chi connectivity index (χ3n) is 21.3. The number of carboxylic acids is 1. The van der Waals surface area contributed by atoms with Crippen molar-refractivity contribution in [3.8, 4) is 0 Å². The Labute approximate surface area is 783 Å². The Hall–Kier alpha value is -15.1. The molecule has 1 aromatic heterocycles. The van der Waals surface area contributed by atoms with E-state index >= 15 is 0 Å². The van der Waals surface area contributed by atoms with Gasteiger partial charge >= 0.3 is 5.97 Å². The number of nitrogens with one attached hydrogen (secondary N) is 22. The number of aliphatic carboxylic acids is 1. The molecule has 0 fully saturated rings. The highest BCUT2D eigenvalue weighted by Crippen LogP contribution is 2.37. The van der Waals surface area contributed by atoms with Gasteiger partial charge < -0.3 is 142 Å². The van der Waals surface area contributed by atoms with Gasteiger partial charge in [-0.2, -0.15) is 0 Å². The number of nitrogens with zero attached hydrogens (tertiary/aromatic N) is 3. The Morgan fingerprint density at radius 3 is 1.04 bits per heavy atom. The van der Waals surface area contributed by atoms with E-state index in [-0.39, 0.29) is 180 Å². The van der Waals surface area contributed by atoms with Gasteiger partial charge in [0.05, 0.1) is 18.8 Å². The standard InChI is InChI=1S/C88H136N34O13/c1-88(42-20-50-109-87(102)103,81(135)118-60(73(91)127)29-15-45-104-82(92)93)119-80(134)66(33-19-49-108-86(100)101)116-79(133)67(39-41-70(125)126)117-78(132)65(32-18-48-107-85(98)99)115-77(131)64(31-17-47-106-84(96)97)114-76(130)63(28-12-14-44-90)113-75(129)62(27-11-13-43-89)112-74(128)61(30-16-46-105-83(94)95)111-69(124)51-110-68(123)40-38-59-53-122(121-120-59)52-54-34-36-58(37-35-54)72(57-25-9-4-10-26-57)71(55-21-5-2-6-22-55)56-23-7-3-8-24-56/h2-10,21-26,34-37,53,60-67H,11-20,27-33,38-52,89-90H2,1H3,(H2,91,127)(H,110,123)(H,111,124)(H,112,128)(H,113,129)(H,114,130)(H,115,131)(H,116,133)(H,117,132)(H,118,135)(H,119,134)(H,125,126)(H4,92,93,104)(H4,94,95,105)(H4,96,97,106)(H4,98,99,107)(H4,100,101,108)(H4,102,103,109). The molecule has 5 rings (SSSR count). The SMILES string of the molecule is CC(CCCNC(=N)N)(NC(=O)C(CCCNC(=N)N)NC(=O)C(CCC(=O)O)NC(=O)C(CCCNC(=N)N)NC(=O)C(CCCNC(=N)N)NC(=O)C(CCCCN)NC(=O)C(CCCCN)NC(=O)C(CCCNC(=N)N)NC(=O)CNC(=O)CCc1cn(Cc2ccc(C(=C(c3ccccc3)c3ccccc3)c3ccccc3)cc2)nn1)C(=O)NC(CCCNC(=N)N)C(N)=O. The Balaban J connectivity index is 1.36. The van der Waals surface area contributed by atoms with Gasteiger partial charge in [0.2, 0.25) is 65.0 Å². The van der Waals surface area contributed by atoms with Crippen molar-refractivity contribution in [2.75, 3.05) is 58.9 Å². The van der Waals surface area contributed by atoms with E-state index < -0.39 is 168 Å². The number of carbonyl (C=O) groups excluding carboxylic acids is 11. The third kappa shape index (κ3) is 42.8. The predicted octanol–water partition coefficient (Wildman–Crippen LogP) is -3.68. The lowest BCUT2D eigenvalue weighted by molar-refractivity contribution is -0.139. The molecule has 0 saturated carbocycles. The van der Waals surface area contributed by atoms with Crippen LogP contribution >= 0.6 is 0 Å². The van der Waals surface area contributed by atoms with E-state index in [1.54, 1.807) is 10.9 Å². The Morgan fingerprint density at radius 2 is 0.696 bits per heavy atom.